The average Bonchev–Trinajstić information content (AvgIpc) is 3.28. The van der Waals surface area contributed by atoms with Crippen LogP contribution in [0.4, 0.5) is 17.6 Å². The smallest absolute Gasteiger partial charge is 0.417 e. The molecule has 0 fully saturated rings. The fourth-order valence-corrected chi connectivity index (χ4v) is 2.38. The molecule has 150 valence electrons. The number of rotatable bonds is 3. The summed E-state index contributed by atoms with van der Waals surface area (Å²) in [6.45, 7) is 0. The van der Waals surface area contributed by atoms with Crippen LogP contribution in [-0.2, 0) is 6.18 Å². The molecule has 3 heterocycles. The van der Waals surface area contributed by atoms with Gasteiger partial charge in [0.25, 0.3) is 5.69 Å². The van der Waals surface area contributed by atoms with Crippen molar-refractivity contribution in [3.63, 3.8) is 0 Å². The predicted octanol–water partition coefficient (Wildman–Crippen LogP) is 4.19. The van der Waals surface area contributed by atoms with Crippen LogP contribution in [0.15, 0.2) is 55.0 Å². The molecule has 0 saturated carbocycles. The van der Waals surface area contributed by atoms with E-state index in [9.17, 15) is 27.6 Å². The molecule has 4 rings (SSSR count). The lowest BCUT2D eigenvalue weighted by atomic mass is 10.2. The monoisotopic (exact) mass is 427 g/mol. The van der Waals surface area contributed by atoms with Crippen LogP contribution < -0.4 is 14.8 Å². The third-order valence-electron chi connectivity index (χ3n) is 3.63. The van der Waals surface area contributed by atoms with E-state index in [1.54, 1.807) is 0 Å². The lowest BCUT2D eigenvalue weighted by Gasteiger charge is -2.15. The molecular weight excluding hydrogens is 418 g/mol. The number of hydrogen-bond donors (Lipinski definition) is 1. The SMILES string of the molecule is O=C(N[O-])c1cc(C(F)(F)F)cnc1Oc1ccc(F)cc1Cl.c1cc2c[n+]-2c1. The zero-order chi connectivity index (χ0) is 21.2. The Hall–Kier alpha value is -3.24. The second-order valence-corrected chi connectivity index (χ2v) is 6.06. The molecule has 1 amide bonds. The molecule has 0 aliphatic carbocycles. The Balaban J connectivity index is 0.000000334. The molecular formula is C18H10ClF4N3O3. The van der Waals surface area contributed by atoms with Crippen LogP contribution in [0.1, 0.15) is 15.9 Å². The first-order chi connectivity index (χ1) is 13.7. The second kappa shape index (κ2) is 8.02. The number of pyridine rings is 2. The maximum absolute atomic E-state index is 12.9. The highest BCUT2D eigenvalue weighted by atomic mass is 35.5. The van der Waals surface area contributed by atoms with E-state index in [0.29, 0.717) is 12.3 Å². The third kappa shape index (κ3) is 4.98. The summed E-state index contributed by atoms with van der Waals surface area (Å²) in [5.74, 6) is -2.78. The molecule has 2 aliphatic heterocycles. The summed E-state index contributed by atoms with van der Waals surface area (Å²) >= 11 is 5.71. The minimum atomic E-state index is -4.77. The first-order valence-electron chi connectivity index (χ1n) is 7.83. The number of alkyl halides is 3. The van der Waals surface area contributed by atoms with Gasteiger partial charge in [0, 0.05) is 18.3 Å². The highest BCUT2D eigenvalue weighted by Crippen LogP contribution is 2.34. The zero-order valence-electron chi connectivity index (χ0n) is 14.2. The number of carbonyl (C=O) groups excluding carboxylic acids is 1. The van der Waals surface area contributed by atoms with Gasteiger partial charge in [0.2, 0.25) is 18.0 Å². The van der Waals surface area contributed by atoms with Gasteiger partial charge in [-0.1, -0.05) is 11.6 Å². The van der Waals surface area contributed by atoms with E-state index in [-0.39, 0.29) is 10.8 Å². The van der Waals surface area contributed by atoms with E-state index in [1.807, 2.05) is 12.3 Å². The Bertz CT molecular complexity index is 1060. The van der Waals surface area contributed by atoms with Gasteiger partial charge in [0.1, 0.15) is 17.1 Å². The van der Waals surface area contributed by atoms with Crippen molar-refractivity contribution in [3.8, 4) is 17.3 Å². The Morgan fingerprint density at radius 2 is 2.00 bits per heavy atom. The normalized spacial score (nSPS) is 11.2. The van der Waals surface area contributed by atoms with Gasteiger partial charge in [-0.05, 0) is 24.3 Å². The number of nitrogens with one attached hydrogen (secondary N) is 1. The molecule has 0 spiro atoms. The fraction of sp³-hybridized carbons (Fsp3) is 0.0556. The van der Waals surface area contributed by atoms with Crippen LogP contribution in [0.25, 0.3) is 5.69 Å². The third-order valence-corrected chi connectivity index (χ3v) is 3.93. The van der Waals surface area contributed by atoms with Crippen molar-refractivity contribution in [3.05, 3.63) is 82.2 Å². The zero-order valence-corrected chi connectivity index (χ0v) is 15.0. The van der Waals surface area contributed by atoms with Crippen LogP contribution in [-0.4, -0.2) is 10.9 Å². The van der Waals surface area contributed by atoms with E-state index >= 15 is 0 Å². The van der Waals surface area contributed by atoms with Crippen molar-refractivity contribution in [2.75, 3.05) is 0 Å². The van der Waals surface area contributed by atoms with Crippen LogP contribution in [0, 0.1) is 11.0 Å². The molecule has 0 radical (unpaired) electrons. The van der Waals surface area contributed by atoms with E-state index in [0.717, 1.165) is 23.7 Å². The summed E-state index contributed by atoms with van der Waals surface area (Å²) in [4.78, 5) is 14.8. The standard InChI is InChI=1S/C13H6ClF4N2O3.C5H4N/c14-9-4-7(15)1-2-10(9)23-12-8(11(21)20-22)3-6(5-19-12)13(16,17)18;1-2-5-4-6(5)3-1/h1-5H,(H-,20,21,22);1-4H/q-1;+1. The van der Waals surface area contributed by atoms with E-state index in [1.165, 1.54) is 5.69 Å². The Morgan fingerprint density at radius 1 is 1.24 bits per heavy atom. The minimum absolute atomic E-state index is 0.153. The number of fused-ring (bicyclic) bond motifs is 1. The van der Waals surface area contributed by atoms with Crippen molar-refractivity contribution in [1.29, 1.82) is 0 Å². The molecule has 0 saturated heterocycles. The predicted molar refractivity (Wildman–Crippen MR) is 93.1 cm³/mol. The van der Waals surface area contributed by atoms with Crippen LogP contribution in [0.3, 0.4) is 0 Å². The lowest BCUT2D eigenvalue weighted by Crippen LogP contribution is -2.19. The lowest BCUT2D eigenvalue weighted by molar-refractivity contribution is -0.518. The number of carbonyl (C=O) groups is 1. The van der Waals surface area contributed by atoms with Crippen LogP contribution in [0.5, 0.6) is 11.6 Å². The summed E-state index contributed by atoms with van der Waals surface area (Å²) in [6.07, 6.45) is -0.222. The topological polar surface area (TPSA) is 78.2 Å². The van der Waals surface area contributed by atoms with Crippen LogP contribution in [0.2, 0.25) is 5.02 Å². The van der Waals surface area contributed by atoms with Crippen molar-refractivity contribution in [2.45, 2.75) is 6.18 Å². The molecule has 11 heteroatoms. The van der Waals surface area contributed by atoms with E-state index < -0.39 is 34.9 Å². The minimum Gasteiger partial charge on any atom is -0.759 e. The second-order valence-electron chi connectivity index (χ2n) is 5.65. The number of halogens is 5. The molecule has 2 aliphatic rings. The summed E-state index contributed by atoms with van der Waals surface area (Å²) in [6, 6.07) is 7.51. The maximum Gasteiger partial charge on any atom is 0.417 e. The van der Waals surface area contributed by atoms with Gasteiger partial charge in [-0.2, -0.15) is 17.7 Å². The van der Waals surface area contributed by atoms with Gasteiger partial charge < -0.3 is 15.4 Å². The molecule has 6 nitrogen and oxygen atoms in total. The number of hydrogen-bond acceptors (Lipinski definition) is 4. The number of ether oxygens (including phenoxy) is 1. The quantitative estimate of drug-likeness (QED) is 0.302. The van der Waals surface area contributed by atoms with Crippen molar-refractivity contribution < 1.29 is 31.7 Å². The number of amides is 1. The molecule has 0 bridgehead atoms. The number of hydroxylamine groups is 1. The average molecular weight is 428 g/mol. The van der Waals surface area contributed by atoms with Crippen molar-refractivity contribution in [1.82, 2.24) is 10.5 Å². The molecule has 29 heavy (non-hydrogen) atoms. The summed E-state index contributed by atoms with van der Waals surface area (Å²) in [7, 11) is 0. The first kappa shape index (κ1) is 20.5. The Morgan fingerprint density at radius 3 is 2.48 bits per heavy atom. The largest absolute Gasteiger partial charge is 0.759 e. The maximum atomic E-state index is 12.9. The van der Waals surface area contributed by atoms with Gasteiger partial charge in [-0.15, -0.1) is 0 Å². The van der Waals surface area contributed by atoms with Gasteiger partial charge in [0.05, 0.1) is 10.6 Å². The highest BCUT2D eigenvalue weighted by molar-refractivity contribution is 6.32. The molecule has 1 N–H and O–H groups in total. The summed E-state index contributed by atoms with van der Waals surface area (Å²) in [5.41, 5.74) is 0.301. The van der Waals surface area contributed by atoms with Crippen molar-refractivity contribution in [2.24, 2.45) is 0 Å². The Kier molecular flexibility index (Phi) is 5.66. The number of benzene rings is 1. The highest BCUT2D eigenvalue weighted by Gasteiger charge is 2.32. The number of aromatic nitrogens is 2. The first-order valence-corrected chi connectivity index (χ1v) is 8.21. The molecule has 0 atom stereocenters. The summed E-state index contributed by atoms with van der Waals surface area (Å²) < 4.78 is 58.1. The molecule has 2 aromatic rings. The van der Waals surface area contributed by atoms with E-state index in [2.05, 4.69) is 21.8 Å². The van der Waals surface area contributed by atoms with Crippen LogP contribution >= 0.6 is 11.6 Å². The van der Waals surface area contributed by atoms with Gasteiger partial charge in [0.15, 0.2) is 6.20 Å². The van der Waals surface area contributed by atoms with Gasteiger partial charge >= 0.3 is 6.18 Å². The molecule has 1 aromatic heterocycles. The molecule has 1 aromatic carbocycles. The fourth-order valence-electron chi connectivity index (χ4n) is 2.17. The van der Waals surface area contributed by atoms with Gasteiger partial charge in [-0.3, -0.25) is 4.79 Å². The Labute approximate surface area is 165 Å². The van der Waals surface area contributed by atoms with E-state index in [4.69, 9.17) is 16.3 Å². The van der Waals surface area contributed by atoms with Gasteiger partial charge in [-0.25, -0.2) is 9.37 Å². The van der Waals surface area contributed by atoms with Crippen molar-refractivity contribution >= 4 is 17.5 Å². The number of nitrogens with zero attached hydrogens (tertiary/aromatic N) is 2. The molecule has 0 unspecified atom stereocenters. The summed E-state index contributed by atoms with van der Waals surface area (Å²) in [5, 5.41) is 10.3.